The lowest BCUT2D eigenvalue weighted by Crippen LogP contribution is -2.41. The van der Waals surface area contributed by atoms with Gasteiger partial charge in [-0.2, -0.15) is 0 Å². The largest absolute Gasteiger partial charge is 0.493 e. The van der Waals surface area contributed by atoms with Gasteiger partial charge in [-0.1, -0.05) is 13.3 Å². The van der Waals surface area contributed by atoms with Crippen LogP contribution in [-0.2, 0) is 0 Å². The fourth-order valence-corrected chi connectivity index (χ4v) is 2.92. The van der Waals surface area contributed by atoms with E-state index in [1.165, 1.54) is 25.3 Å². The van der Waals surface area contributed by atoms with E-state index in [0.717, 1.165) is 18.9 Å². The minimum Gasteiger partial charge on any atom is -0.493 e. The summed E-state index contributed by atoms with van der Waals surface area (Å²) in [6, 6.07) is 6.90. The van der Waals surface area contributed by atoms with Crippen molar-refractivity contribution in [3.8, 4) is 23.0 Å². The fraction of sp³-hybridized carbons (Fsp3) is 0.333. The molecule has 1 heterocycles. The topological polar surface area (TPSA) is 138 Å². The minimum absolute atomic E-state index is 0.178. The highest BCUT2D eigenvalue weighted by atomic mass is 16.6. The van der Waals surface area contributed by atoms with Gasteiger partial charge in [0.2, 0.25) is 0 Å². The van der Waals surface area contributed by atoms with Crippen molar-refractivity contribution >= 4 is 17.5 Å². The van der Waals surface area contributed by atoms with Crippen LogP contribution in [0.25, 0.3) is 0 Å². The molecule has 11 nitrogen and oxygen atoms in total. The molecular formula is C21H23N3O8. The van der Waals surface area contributed by atoms with Crippen LogP contribution < -0.4 is 29.8 Å². The van der Waals surface area contributed by atoms with Crippen LogP contribution in [-0.4, -0.2) is 43.7 Å². The van der Waals surface area contributed by atoms with Crippen LogP contribution in [0.4, 0.5) is 5.69 Å². The number of unbranched alkanes of at least 4 members (excludes halogenated alkanes) is 1. The summed E-state index contributed by atoms with van der Waals surface area (Å²) in [7, 11) is 1.45. The maximum absolute atomic E-state index is 12.5. The highest BCUT2D eigenvalue weighted by Gasteiger charge is 2.26. The van der Waals surface area contributed by atoms with Crippen LogP contribution in [0.1, 0.15) is 40.5 Å². The van der Waals surface area contributed by atoms with Gasteiger partial charge < -0.3 is 18.9 Å². The number of amides is 2. The van der Waals surface area contributed by atoms with Crippen LogP contribution >= 0.6 is 0 Å². The van der Waals surface area contributed by atoms with Crippen molar-refractivity contribution in [1.29, 1.82) is 0 Å². The number of hydrazine groups is 1. The molecule has 0 fully saturated rings. The van der Waals surface area contributed by atoms with Gasteiger partial charge in [0.15, 0.2) is 23.0 Å². The van der Waals surface area contributed by atoms with Crippen molar-refractivity contribution in [3.63, 3.8) is 0 Å². The molecule has 0 saturated carbocycles. The molecule has 2 aromatic rings. The van der Waals surface area contributed by atoms with Gasteiger partial charge in [-0.05, 0) is 24.6 Å². The highest BCUT2D eigenvalue weighted by molar-refractivity contribution is 6.02. The second-order valence-electron chi connectivity index (χ2n) is 6.75. The van der Waals surface area contributed by atoms with Crippen molar-refractivity contribution in [2.75, 3.05) is 26.9 Å². The number of methoxy groups -OCH3 is 1. The third kappa shape index (κ3) is 5.17. The zero-order valence-electron chi connectivity index (χ0n) is 17.6. The van der Waals surface area contributed by atoms with Crippen molar-refractivity contribution in [3.05, 3.63) is 51.6 Å². The second kappa shape index (κ2) is 10.3. The van der Waals surface area contributed by atoms with E-state index in [9.17, 15) is 19.7 Å². The van der Waals surface area contributed by atoms with Crippen molar-refractivity contribution in [2.24, 2.45) is 0 Å². The average molecular weight is 445 g/mol. The number of nitro benzene ring substituents is 1. The van der Waals surface area contributed by atoms with Crippen molar-refractivity contribution in [1.82, 2.24) is 10.9 Å². The van der Waals surface area contributed by atoms with Crippen LogP contribution in [0, 0.1) is 10.1 Å². The van der Waals surface area contributed by atoms with E-state index in [4.69, 9.17) is 18.9 Å². The first kappa shape index (κ1) is 22.7. The number of hydrogen-bond acceptors (Lipinski definition) is 8. The molecule has 170 valence electrons. The van der Waals surface area contributed by atoms with Crippen LogP contribution in [0.5, 0.6) is 23.0 Å². The standard InChI is InChI=1S/C21H23N3O8/c1-3-4-7-30-16-6-5-13(10-17(16)29-2)20(25)22-23-21(26)14-11-18-19(32-9-8-31-18)12-15(14)24(27)28/h5-6,10-12H,3-4,7-9H2,1-2H3,(H,22,25)(H,23,26). The Morgan fingerprint density at radius 3 is 2.41 bits per heavy atom. The lowest BCUT2D eigenvalue weighted by atomic mass is 10.1. The lowest BCUT2D eigenvalue weighted by molar-refractivity contribution is -0.385. The summed E-state index contributed by atoms with van der Waals surface area (Å²) >= 11 is 0. The van der Waals surface area contributed by atoms with Gasteiger partial charge in [-0.15, -0.1) is 0 Å². The maximum atomic E-state index is 12.5. The predicted molar refractivity (Wildman–Crippen MR) is 112 cm³/mol. The lowest BCUT2D eigenvalue weighted by Gasteiger charge is -2.19. The molecule has 1 aliphatic heterocycles. The number of nitro groups is 1. The quantitative estimate of drug-likeness (QED) is 0.359. The van der Waals surface area contributed by atoms with Gasteiger partial charge in [0.05, 0.1) is 24.7 Å². The number of nitrogens with one attached hydrogen (secondary N) is 2. The normalized spacial score (nSPS) is 11.9. The minimum atomic E-state index is -0.881. The maximum Gasteiger partial charge on any atom is 0.286 e. The Labute approximate surface area is 183 Å². The van der Waals surface area contributed by atoms with Crippen LogP contribution in [0.15, 0.2) is 30.3 Å². The summed E-state index contributed by atoms with van der Waals surface area (Å²) in [4.78, 5) is 35.7. The third-order valence-electron chi connectivity index (χ3n) is 4.57. The predicted octanol–water partition coefficient (Wildman–Crippen LogP) is 2.63. The summed E-state index contributed by atoms with van der Waals surface area (Å²) in [5.41, 5.74) is 3.86. The number of fused-ring (bicyclic) bond motifs is 1. The Morgan fingerprint density at radius 1 is 1.06 bits per heavy atom. The molecule has 0 atom stereocenters. The summed E-state index contributed by atoms with van der Waals surface area (Å²) in [6.07, 6.45) is 1.85. The number of carbonyl (C=O) groups is 2. The van der Waals surface area contributed by atoms with Crippen LogP contribution in [0.2, 0.25) is 0 Å². The third-order valence-corrected chi connectivity index (χ3v) is 4.57. The number of hydrogen-bond donors (Lipinski definition) is 2. The Kier molecular flexibility index (Phi) is 7.32. The first-order valence-electron chi connectivity index (χ1n) is 9.94. The number of ether oxygens (including phenoxy) is 4. The van der Waals surface area contributed by atoms with Crippen molar-refractivity contribution in [2.45, 2.75) is 19.8 Å². The monoisotopic (exact) mass is 445 g/mol. The van der Waals surface area contributed by atoms with Crippen LogP contribution in [0.3, 0.4) is 0 Å². The number of carbonyl (C=O) groups excluding carboxylic acids is 2. The first-order valence-corrected chi connectivity index (χ1v) is 9.94. The van der Waals surface area contributed by atoms with Gasteiger partial charge in [-0.3, -0.25) is 30.6 Å². The zero-order chi connectivity index (χ0) is 23.1. The smallest absolute Gasteiger partial charge is 0.286 e. The number of benzene rings is 2. The Hall–Kier alpha value is -4.02. The van der Waals surface area contributed by atoms with E-state index in [0.29, 0.717) is 18.1 Å². The molecule has 3 rings (SSSR count). The van der Waals surface area contributed by atoms with E-state index in [1.54, 1.807) is 6.07 Å². The molecule has 32 heavy (non-hydrogen) atoms. The van der Waals surface area contributed by atoms with Gasteiger partial charge in [0.25, 0.3) is 17.5 Å². The zero-order valence-corrected chi connectivity index (χ0v) is 17.6. The van der Waals surface area contributed by atoms with Gasteiger partial charge in [0, 0.05) is 11.6 Å². The molecule has 2 aromatic carbocycles. The molecule has 2 N–H and O–H groups in total. The molecule has 0 aromatic heterocycles. The Bertz CT molecular complexity index is 1020. The molecule has 0 spiro atoms. The van der Waals surface area contributed by atoms with E-state index >= 15 is 0 Å². The molecule has 11 heteroatoms. The number of rotatable bonds is 8. The molecule has 1 aliphatic rings. The molecule has 0 bridgehead atoms. The first-order chi connectivity index (χ1) is 15.4. The van der Waals surface area contributed by atoms with E-state index in [-0.39, 0.29) is 35.8 Å². The van der Waals surface area contributed by atoms with Gasteiger partial charge in [-0.25, -0.2) is 0 Å². The highest BCUT2D eigenvalue weighted by Crippen LogP contribution is 2.36. The fourth-order valence-electron chi connectivity index (χ4n) is 2.92. The molecule has 0 radical (unpaired) electrons. The Balaban J connectivity index is 1.71. The molecule has 2 amide bonds. The summed E-state index contributed by atoms with van der Waals surface area (Å²) < 4.78 is 21.6. The average Bonchev–Trinajstić information content (AvgIpc) is 2.81. The van der Waals surface area contributed by atoms with E-state index < -0.39 is 22.4 Å². The van der Waals surface area contributed by atoms with Crippen molar-refractivity contribution < 1.29 is 33.5 Å². The van der Waals surface area contributed by atoms with E-state index in [2.05, 4.69) is 10.9 Å². The molecular weight excluding hydrogens is 422 g/mol. The second-order valence-corrected chi connectivity index (χ2v) is 6.75. The summed E-state index contributed by atoms with van der Waals surface area (Å²) in [5.74, 6) is -0.278. The number of nitrogens with zero attached hydrogens (tertiary/aromatic N) is 1. The van der Waals surface area contributed by atoms with Gasteiger partial charge >= 0.3 is 0 Å². The summed E-state index contributed by atoms with van der Waals surface area (Å²) in [6.45, 7) is 3.06. The van der Waals surface area contributed by atoms with E-state index in [1.807, 2.05) is 6.92 Å². The summed E-state index contributed by atoms with van der Waals surface area (Å²) in [5, 5.41) is 11.4. The molecule has 0 aliphatic carbocycles. The SMILES string of the molecule is CCCCOc1ccc(C(=O)NNC(=O)c2cc3c(cc2[N+](=O)[O-])OCCO3)cc1OC. The Morgan fingerprint density at radius 2 is 1.75 bits per heavy atom. The van der Waals surface area contributed by atoms with Gasteiger partial charge in [0.1, 0.15) is 18.8 Å². The molecule has 0 saturated heterocycles. The molecule has 0 unspecified atom stereocenters.